The molecule has 0 heterocycles. The van der Waals surface area contributed by atoms with Gasteiger partial charge in [0.05, 0.1) is 12.1 Å². The maximum absolute atomic E-state index is 2.63. The third-order valence-corrected chi connectivity index (χ3v) is 6.94. The molecule has 0 radical (unpaired) electrons. The molecule has 0 bridgehead atoms. The summed E-state index contributed by atoms with van der Waals surface area (Å²) in [5.74, 6) is 0. The molecule has 4 aromatic carbocycles. The van der Waals surface area contributed by atoms with Gasteiger partial charge in [-0.05, 0) is 71.0 Å². The van der Waals surface area contributed by atoms with E-state index in [4.69, 9.17) is 0 Å². The maximum atomic E-state index is 2.63. The van der Waals surface area contributed by atoms with Gasteiger partial charge < -0.3 is 0 Å². The normalized spacial score (nSPS) is 13.8. The fourth-order valence-corrected chi connectivity index (χ4v) is 5.20. The molecule has 0 aliphatic heterocycles. The lowest BCUT2D eigenvalue weighted by atomic mass is 9.88. The zero-order valence-electron chi connectivity index (χ0n) is 20.0. The molecule has 4 rings (SSSR count). The van der Waals surface area contributed by atoms with Crippen molar-refractivity contribution in [2.45, 2.75) is 39.8 Å². The van der Waals surface area contributed by atoms with E-state index in [-0.39, 0.29) is 12.1 Å². The molecule has 0 N–H and O–H groups in total. The molecular formula is C30H36N2. The van der Waals surface area contributed by atoms with Crippen LogP contribution in [0.2, 0.25) is 0 Å². The molecule has 166 valence electrons. The smallest absolute Gasteiger partial charge is 0.0545 e. The molecule has 2 atom stereocenters. The monoisotopic (exact) mass is 424 g/mol. The predicted octanol–water partition coefficient (Wildman–Crippen LogP) is 7.46. The van der Waals surface area contributed by atoms with E-state index in [1.54, 1.807) is 0 Å². The van der Waals surface area contributed by atoms with Crippen LogP contribution in [-0.4, -0.2) is 36.0 Å². The summed E-state index contributed by atoms with van der Waals surface area (Å²) in [4.78, 5) is 5.25. The highest BCUT2D eigenvalue weighted by Gasteiger charge is 2.32. The van der Waals surface area contributed by atoms with Gasteiger partial charge in [0.1, 0.15) is 0 Å². The highest BCUT2D eigenvalue weighted by Crippen LogP contribution is 2.40. The summed E-state index contributed by atoms with van der Waals surface area (Å²) in [5.41, 5.74) is 2.80. The van der Waals surface area contributed by atoms with E-state index < -0.39 is 0 Å². The Morgan fingerprint density at radius 1 is 0.469 bits per heavy atom. The lowest BCUT2D eigenvalue weighted by Gasteiger charge is -2.42. The van der Waals surface area contributed by atoms with Crippen molar-refractivity contribution in [1.82, 2.24) is 9.80 Å². The molecule has 0 fully saturated rings. The molecule has 2 heteroatoms. The Kier molecular flexibility index (Phi) is 7.24. The van der Waals surface area contributed by atoms with Crippen LogP contribution >= 0.6 is 0 Å². The first-order chi connectivity index (χ1) is 15.7. The summed E-state index contributed by atoms with van der Waals surface area (Å²) in [6.07, 6.45) is 0. The Labute approximate surface area is 193 Å². The minimum Gasteiger partial charge on any atom is -0.295 e. The fraction of sp³-hybridized carbons (Fsp3) is 0.333. The van der Waals surface area contributed by atoms with Gasteiger partial charge in [0.15, 0.2) is 0 Å². The summed E-state index contributed by atoms with van der Waals surface area (Å²) in [6, 6.07) is 32.1. The highest BCUT2D eigenvalue weighted by molar-refractivity contribution is 5.84. The van der Waals surface area contributed by atoms with E-state index >= 15 is 0 Å². The molecule has 0 aliphatic rings. The molecule has 2 nitrogen and oxygen atoms in total. The van der Waals surface area contributed by atoms with E-state index in [2.05, 4.69) is 122 Å². The lowest BCUT2D eigenvalue weighted by Crippen LogP contribution is -2.41. The highest BCUT2D eigenvalue weighted by atomic mass is 15.2. The Morgan fingerprint density at radius 2 is 0.812 bits per heavy atom. The van der Waals surface area contributed by atoms with E-state index in [1.807, 2.05) is 0 Å². The second kappa shape index (κ2) is 10.3. The first-order valence-corrected chi connectivity index (χ1v) is 12.2. The van der Waals surface area contributed by atoms with Gasteiger partial charge in [-0.1, -0.05) is 100 Å². The van der Waals surface area contributed by atoms with Crippen LogP contribution in [0.5, 0.6) is 0 Å². The fourth-order valence-electron chi connectivity index (χ4n) is 5.20. The third-order valence-electron chi connectivity index (χ3n) is 6.94. The second-order valence-corrected chi connectivity index (χ2v) is 8.55. The molecular weight excluding hydrogens is 388 g/mol. The van der Waals surface area contributed by atoms with Gasteiger partial charge in [0.25, 0.3) is 0 Å². The van der Waals surface area contributed by atoms with Gasteiger partial charge in [-0.2, -0.15) is 0 Å². The maximum Gasteiger partial charge on any atom is 0.0545 e. The van der Waals surface area contributed by atoms with Gasteiger partial charge in [-0.3, -0.25) is 9.80 Å². The average molecular weight is 425 g/mol. The van der Waals surface area contributed by atoms with Crippen LogP contribution in [0.25, 0.3) is 21.5 Å². The van der Waals surface area contributed by atoms with Crippen molar-refractivity contribution in [3.8, 4) is 0 Å². The number of hydrogen-bond donors (Lipinski definition) is 0. The minimum absolute atomic E-state index is 0.288. The molecule has 0 amide bonds. The largest absolute Gasteiger partial charge is 0.295 e. The Morgan fingerprint density at radius 3 is 1.16 bits per heavy atom. The summed E-state index contributed by atoms with van der Waals surface area (Å²) < 4.78 is 0. The van der Waals surface area contributed by atoms with Crippen molar-refractivity contribution in [2.24, 2.45) is 0 Å². The van der Waals surface area contributed by atoms with E-state index in [0.717, 1.165) is 26.2 Å². The zero-order valence-corrected chi connectivity index (χ0v) is 20.0. The van der Waals surface area contributed by atoms with Crippen LogP contribution in [0.15, 0.2) is 84.9 Å². The number of rotatable bonds is 9. The summed E-state index contributed by atoms with van der Waals surface area (Å²) >= 11 is 0. The van der Waals surface area contributed by atoms with E-state index in [1.165, 1.54) is 32.7 Å². The SMILES string of the molecule is CCN(CC)C(c1ccc2ccccc2c1)C(c1ccc2ccccc2c1)N(CC)CC. The van der Waals surface area contributed by atoms with Gasteiger partial charge in [-0.25, -0.2) is 0 Å². The molecule has 2 unspecified atom stereocenters. The van der Waals surface area contributed by atoms with Crippen LogP contribution in [0, 0.1) is 0 Å². The summed E-state index contributed by atoms with van der Waals surface area (Å²) in [7, 11) is 0. The number of likely N-dealkylation sites (N-methyl/N-ethyl adjacent to an activating group) is 2. The standard InChI is InChI=1S/C30H36N2/c1-5-31(6-2)29(27-19-17-23-13-9-11-15-25(23)21-27)30(32(7-3)8-4)28-20-18-24-14-10-12-16-26(24)22-28/h9-22,29-30H,5-8H2,1-4H3. The molecule has 0 aliphatic carbocycles. The number of nitrogens with zero attached hydrogens (tertiary/aromatic N) is 2. The first kappa shape index (κ1) is 22.5. The second-order valence-electron chi connectivity index (χ2n) is 8.55. The lowest BCUT2D eigenvalue weighted by molar-refractivity contribution is 0.0891. The van der Waals surface area contributed by atoms with Gasteiger partial charge in [-0.15, -0.1) is 0 Å². The van der Waals surface area contributed by atoms with Crippen LogP contribution in [0.4, 0.5) is 0 Å². The van der Waals surface area contributed by atoms with Gasteiger partial charge in [0.2, 0.25) is 0 Å². The van der Waals surface area contributed by atoms with Crippen molar-refractivity contribution >= 4 is 21.5 Å². The molecule has 32 heavy (non-hydrogen) atoms. The third kappa shape index (κ3) is 4.44. The van der Waals surface area contributed by atoms with Crippen molar-refractivity contribution in [3.63, 3.8) is 0 Å². The van der Waals surface area contributed by atoms with Crippen LogP contribution in [-0.2, 0) is 0 Å². The van der Waals surface area contributed by atoms with Crippen LogP contribution < -0.4 is 0 Å². The van der Waals surface area contributed by atoms with Crippen LogP contribution in [0.1, 0.15) is 50.9 Å². The number of benzene rings is 4. The predicted molar refractivity (Wildman–Crippen MR) is 139 cm³/mol. The molecule has 4 aromatic rings. The van der Waals surface area contributed by atoms with Crippen molar-refractivity contribution < 1.29 is 0 Å². The Hall–Kier alpha value is -2.68. The van der Waals surface area contributed by atoms with Gasteiger partial charge >= 0.3 is 0 Å². The first-order valence-electron chi connectivity index (χ1n) is 12.2. The molecule has 0 spiro atoms. The topological polar surface area (TPSA) is 6.48 Å². The quantitative estimate of drug-likeness (QED) is 0.275. The van der Waals surface area contributed by atoms with E-state index in [0.29, 0.717) is 0 Å². The molecule has 0 aromatic heterocycles. The number of hydrogen-bond acceptors (Lipinski definition) is 2. The summed E-state index contributed by atoms with van der Waals surface area (Å²) in [6.45, 7) is 13.3. The minimum atomic E-state index is 0.288. The Balaban J connectivity index is 1.90. The Bertz CT molecular complexity index is 1060. The van der Waals surface area contributed by atoms with Crippen molar-refractivity contribution in [2.75, 3.05) is 26.2 Å². The van der Waals surface area contributed by atoms with Crippen molar-refractivity contribution in [1.29, 1.82) is 0 Å². The molecule has 0 saturated heterocycles. The average Bonchev–Trinajstić information content (AvgIpc) is 2.85. The van der Waals surface area contributed by atoms with E-state index in [9.17, 15) is 0 Å². The summed E-state index contributed by atoms with van der Waals surface area (Å²) in [5, 5.41) is 5.25. The van der Waals surface area contributed by atoms with Crippen molar-refractivity contribution in [3.05, 3.63) is 96.1 Å². The number of fused-ring (bicyclic) bond motifs is 2. The zero-order chi connectivity index (χ0) is 22.5. The van der Waals surface area contributed by atoms with Gasteiger partial charge in [0, 0.05) is 0 Å². The van der Waals surface area contributed by atoms with Crippen LogP contribution in [0.3, 0.4) is 0 Å². The molecule has 0 saturated carbocycles.